The van der Waals surface area contributed by atoms with E-state index in [1.165, 1.54) is 29.5 Å². The number of benzene rings is 1. The Balaban J connectivity index is 1.43. The van der Waals surface area contributed by atoms with Gasteiger partial charge in [0, 0.05) is 43.7 Å². The molecule has 0 saturated carbocycles. The van der Waals surface area contributed by atoms with Gasteiger partial charge in [-0.25, -0.2) is 4.98 Å². The van der Waals surface area contributed by atoms with E-state index >= 15 is 0 Å². The Morgan fingerprint density at radius 3 is 2.27 bits per heavy atom. The number of aromatic nitrogens is 1. The van der Waals surface area contributed by atoms with Gasteiger partial charge in [-0.05, 0) is 59.6 Å². The average Bonchev–Trinajstić information content (AvgIpc) is 3.28. The molecule has 2 N–H and O–H groups in total. The molecule has 1 aromatic heterocycles. The van der Waals surface area contributed by atoms with Crippen LogP contribution in [0.5, 0.6) is 0 Å². The molecule has 0 radical (unpaired) electrons. The minimum Gasteiger partial charge on any atom is -0.395 e. The first-order valence-electron chi connectivity index (χ1n) is 12.5. The van der Waals surface area contributed by atoms with Crippen LogP contribution in [0.2, 0.25) is 0 Å². The number of hydrogen-bond donors (Lipinski definition) is 2. The minimum atomic E-state index is 0.151. The molecule has 1 aromatic carbocycles. The minimum absolute atomic E-state index is 0.151. The van der Waals surface area contributed by atoms with Gasteiger partial charge in [0.15, 0.2) is 5.13 Å². The van der Waals surface area contributed by atoms with Gasteiger partial charge >= 0.3 is 0 Å². The Morgan fingerprint density at radius 1 is 1.00 bits per heavy atom. The van der Waals surface area contributed by atoms with E-state index in [2.05, 4.69) is 61.1 Å². The van der Waals surface area contributed by atoms with E-state index in [0.29, 0.717) is 19.0 Å². The topological polar surface area (TPSA) is 59.8 Å². The van der Waals surface area contributed by atoms with E-state index in [1.54, 1.807) is 11.3 Å². The molecule has 33 heavy (non-hydrogen) atoms. The number of thiazole rings is 1. The third-order valence-corrected chi connectivity index (χ3v) is 8.78. The molecule has 6 heteroatoms. The summed E-state index contributed by atoms with van der Waals surface area (Å²) in [5, 5.41) is 21.9. The standard InChI is InChI=1S/C27H41N3O2S/c1-26(2)9-10-27(3,4)23-17-21(5-6-22(23)26)24-19-33-25(28-24)30-11-7-20(8-12-30)18-29(13-15-31)14-16-32/h5-6,17,19-20,31-32H,7-16,18H2,1-4H3. The maximum atomic E-state index is 9.26. The Bertz CT molecular complexity index is 925. The second kappa shape index (κ2) is 10.0. The van der Waals surface area contributed by atoms with Crippen molar-refractivity contribution in [1.82, 2.24) is 9.88 Å². The number of nitrogens with zero attached hydrogens (tertiary/aromatic N) is 3. The van der Waals surface area contributed by atoms with Crippen molar-refractivity contribution in [3.05, 3.63) is 34.7 Å². The van der Waals surface area contributed by atoms with Crippen LogP contribution in [0, 0.1) is 5.92 Å². The van der Waals surface area contributed by atoms with Crippen LogP contribution in [0.1, 0.15) is 64.5 Å². The molecule has 1 fully saturated rings. The van der Waals surface area contributed by atoms with Crippen LogP contribution in [0.3, 0.4) is 0 Å². The molecular formula is C27H41N3O2S. The highest BCUT2D eigenvalue weighted by Crippen LogP contribution is 2.47. The maximum Gasteiger partial charge on any atom is 0.185 e. The lowest BCUT2D eigenvalue weighted by molar-refractivity contribution is 0.138. The van der Waals surface area contributed by atoms with Crippen molar-refractivity contribution in [2.45, 2.75) is 64.2 Å². The monoisotopic (exact) mass is 471 g/mol. The smallest absolute Gasteiger partial charge is 0.185 e. The Kier molecular flexibility index (Phi) is 7.49. The van der Waals surface area contributed by atoms with Crippen molar-refractivity contribution in [3.63, 3.8) is 0 Å². The molecule has 0 amide bonds. The Hall–Kier alpha value is -1.47. The zero-order valence-electron chi connectivity index (χ0n) is 20.8. The number of piperidine rings is 1. The van der Waals surface area contributed by atoms with Crippen molar-refractivity contribution in [3.8, 4) is 11.3 Å². The third-order valence-electron chi connectivity index (χ3n) is 7.87. The predicted octanol–water partition coefficient (Wildman–Crippen LogP) is 4.66. The lowest BCUT2D eigenvalue weighted by Gasteiger charge is -2.42. The molecule has 0 unspecified atom stereocenters. The maximum absolute atomic E-state index is 9.26. The van der Waals surface area contributed by atoms with Crippen LogP contribution >= 0.6 is 11.3 Å². The van der Waals surface area contributed by atoms with Gasteiger partial charge in [0.05, 0.1) is 18.9 Å². The van der Waals surface area contributed by atoms with Crippen molar-refractivity contribution in [2.75, 3.05) is 50.8 Å². The van der Waals surface area contributed by atoms with Crippen molar-refractivity contribution in [1.29, 1.82) is 0 Å². The van der Waals surface area contributed by atoms with Gasteiger partial charge < -0.3 is 15.1 Å². The normalized spacial score (nSPS) is 20.3. The van der Waals surface area contributed by atoms with Crippen LogP contribution in [0.25, 0.3) is 11.3 Å². The molecule has 0 spiro atoms. The molecular weight excluding hydrogens is 430 g/mol. The molecule has 4 rings (SSSR count). The van der Waals surface area contributed by atoms with Gasteiger partial charge in [-0.15, -0.1) is 11.3 Å². The lowest BCUT2D eigenvalue weighted by atomic mass is 9.63. The lowest BCUT2D eigenvalue weighted by Crippen LogP contribution is -2.40. The number of anilines is 1. The summed E-state index contributed by atoms with van der Waals surface area (Å²) in [4.78, 5) is 9.66. The fourth-order valence-corrected chi connectivity index (χ4v) is 6.43. The summed E-state index contributed by atoms with van der Waals surface area (Å²) in [6.45, 7) is 14.1. The van der Waals surface area contributed by atoms with Gasteiger partial charge in [-0.1, -0.05) is 39.8 Å². The van der Waals surface area contributed by atoms with E-state index in [9.17, 15) is 10.2 Å². The molecule has 1 aliphatic carbocycles. The summed E-state index contributed by atoms with van der Waals surface area (Å²) in [6.07, 6.45) is 4.72. The largest absolute Gasteiger partial charge is 0.395 e. The van der Waals surface area contributed by atoms with Gasteiger partial charge in [-0.2, -0.15) is 0 Å². The number of aliphatic hydroxyl groups excluding tert-OH is 2. The highest BCUT2D eigenvalue weighted by Gasteiger charge is 2.37. The molecule has 0 atom stereocenters. The second-order valence-electron chi connectivity index (χ2n) is 11.2. The van der Waals surface area contributed by atoms with E-state index in [0.717, 1.165) is 43.3 Å². The molecule has 2 aliphatic rings. The first kappa shape index (κ1) is 24.6. The van der Waals surface area contributed by atoms with Crippen LogP contribution in [-0.2, 0) is 10.8 Å². The summed E-state index contributed by atoms with van der Waals surface area (Å²) in [5.74, 6) is 0.616. The number of hydrogen-bond acceptors (Lipinski definition) is 6. The van der Waals surface area contributed by atoms with Gasteiger partial charge in [-0.3, -0.25) is 4.90 Å². The summed E-state index contributed by atoms with van der Waals surface area (Å²) < 4.78 is 0. The van der Waals surface area contributed by atoms with Crippen LogP contribution < -0.4 is 4.90 Å². The van der Waals surface area contributed by atoms with Crippen molar-refractivity contribution >= 4 is 16.5 Å². The fourth-order valence-electron chi connectivity index (χ4n) is 5.54. The van der Waals surface area contributed by atoms with Gasteiger partial charge in [0.2, 0.25) is 0 Å². The zero-order chi connectivity index (χ0) is 23.6. The summed E-state index contributed by atoms with van der Waals surface area (Å²) >= 11 is 1.76. The van der Waals surface area contributed by atoms with Crippen molar-refractivity contribution in [2.24, 2.45) is 5.92 Å². The highest BCUT2D eigenvalue weighted by atomic mass is 32.1. The fraction of sp³-hybridized carbons (Fsp3) is 0.667. The SMILES string of the molecule is CC1(C)CCC(C)(C)c2cc(-c3csc(N4CCC(CN(CCO)CCO)CC4)n3)ccc21. The summed E-state index contributed by atoms with van der Waals surface area (Å²) in [6, 6.07) is 7.02. The zero-order valence-corrected chi connectivity index (χ0v) is 21.6. The van der Waals surface area contributed by atoms with Gasteiger partial charge in [0.1, 0.15) is 0 Å². The summed E-state index contributed by atoms with van der Waals surface area (Å²) in [5.41, 5.74) is 5.77. The Morgan fingerprint density at radius 2 is 1.64 bits per heavy atom. The molecule has 1 aliphatic heterocycles. The van der Waals surface area contributed by atoms with E-state index in [1.807, 2.05) is 0 Å². The third kappa shape index (κ3) is 5.45. The molecule has 2 heterocycles. The van der Waals surface area contributed by atoms with Crippen molar-refractivity contribution < 1.29 is 10.2 Å². The molecule has 2 aromatic rings. The van der Waals surface area contributed by atoms with E-state index in [4.69, 9.17) is 4.98 Å². The quantitative estimate of drug-likeness (QED) is 0.586. The highest BCUT2D eigenvalue weighted by molar-refractivity contribution is 7.14. The van der Waals surface area contributed by atoms with Crippen LogP contribution in [0.4, 0.5) is 5.13 Å². The number of aliphatic hydroxyl groups is 2. The van der Waals surface area contributed by atoms with Crippen LogP contribution in [-0.4, -0.2) is 66.0 Å². The number of rotatable bonds is 8. The summed E-state index contributed by atoms with van der Waals surface area (Å²) in [7, 11) is 0. The molecule has 0 bridgehead atoms. The number of fused-ring (bicyclic) bond motifs is 1. The average molecular weight is 472 g/mol. The molecule has 1 saturated heterocycles. The van der Waals surface area contributed by atoms with Gasteiger partial charge in [0.25, 0.3) is 0 Å². The first-order chi connectivity index (χ1) is 15.7. The molecule has 182 valence electrons. The second-order valence-corrected chi connectivity index (χ2v) is 12.1. The van der Waals surface area contributed by atoms with Crippen LogP contribution in [0.15, 0.2) is 23.6 Å². The molecule has 5 nitrogen and oxygen atoms in total. The predicted molar refractivity (Wildman–Crippen MR) is 138 cm³/mol. The van der Waals surface area contributed by atoms with E-state index < -0.39 is 0 Å². The van der Waals surface area contributed by atoms with E-state index in [-0.39, 0.29) is 24.0 Å². The Labute approximate surface area is 203 Å². The first-order valence-corrected chi connectivity index (χ1v) is 13.4.